The first-order valence-corrected chi connectivity index (χ1v) is 10.6. The first kappa shape index (κ1) is 19.0. The van der Waals surface area contributed by atoms with Crippen LogP contribution in [0.3, 0.4) is 0 Å². The summed E-state index contributed by atoms with van der Waals surface area (Å²) in [6, 6.07) is 9.09. The zero-order valence-electron chi connectivity index (χ0n) is 15.5. The van der Waals surface area contributed by atoms with Gasteiger partial charge < -0.3 is 0 Å². The minimum absolute atomic E-state index is 0.0153. The van der Waals surface area contributed by atoms with Gasteiger partial charge in [-0.1, -0.05) is 43.2 Å². The summed E-state index contributed by atoms with van der Waals surface area (Å²) in [5.41, 5.74) is 1.18. The van der Waals surface area contributed by atoms with E-state index in [9.17, 15) is 20.2 Å². The van der Waals surface area contributed by atoms with Gasteiger partial charge >= 0.3 is 0 Å². The first-order valence-electron chi connectivity index (χ1n) is 9.64. The molecule has 1 atom stereocenters. The molecular weight excluding hydrogens is 376 g/mol. The predicted molar refractivity (Wildman–Crippen MR) is 106 cm³/mol. The molecule has 0 radical (unpaired) electrons. The van der Waals surface area contributed by atoms with Gasteiger partial charge in [-0.2, -0.15) is 5.26 Å². The van der Waals surface area contributed by atoms with Crippen LogP contribution in [0.25, 0.3) is 0 Å². The minimum Gasteiger partial charge on any atom is -0.292 e. The molecule has 1 aromatic rings. The number of thioether (sulfide) groups is 1. The van der Waals surface area contributed by atoms with E-state index in [0.717, 1.165) is 10.9 Å². The third-order valence-electron chi connectivity index (χ3n) is 5.89. The van der Waals surface area contributed by atoms with E-state index < -0.39 is 10.8 Å². The minimum atomic E-state index is -0.447. The quantitative estimate of drug-likeness (QED) is 0.566. The number of amides is 1. The van der Waals surface area contributed by atoms with E-state index in [1.165, 1.54) is 44.2 Å². The number of carbonyl (C=O) groups is 1. The molecule has 2 fully saturated rings. The Morgan fingerprint density at radius 3 is 2.75 bits per heavy atom. The Labute approximate surface area is 168 Å². The van der Waals surface area contributed by atoms with Crippen LogP contribution in [0.2, 0.25) is 0 Å². The topological polar surface area (TPSA) is 90.5 Å². The molecule has 0 N–H and O–H groups in total. The van der Waals surface area contributed by atoms with Gasteiger partial charge in [0.25, 0.3) is 5.69 Å². The fourth-order valence-electron chi connectivity index (χ4n) is 4.39. The molecule has 28 heavy (non-hydrogen) atoms. The molecule has 8 heteroatoms. The maximum absolute atomic E-state index is 12.9. The number of benzene rings is 1. The Kier molecular flexibility index (Phi) is 5.38. The molecule has 2 heterocycles. The first-order chi connectivity index (χ1) is 13.6. The number of allylic oxidation sites excluding steroid dienone is 1. The smallest absolute Gasteiger partial charge is 0.269 e. The van der Waals surface area contributed by atoms with Crippen molar-refractivity contribution in [2.45, 2.75) is 50.5 Å². The average molecular weight is 398 g/mol. The molecule has 1 amide bonds. The highest BCUT2D eigenvalue weighted by Crippen LogP contribution is 2.43. The van der Waals surface area contributed by atoms with Crippen LogP contribution in [0.15, 0.2) is 34.9 Å². The lowest BCUT2D eigenvalue weighted by molar-refractivity contribution is -0.384. The molecule has 0 bridgehead atoms. The van der Waals surface area contributed by atoms with Gasteiger partial charge in [-0.15, -0.1) is 0 Å². The number of nitriles is 1. The maximum atomic E-state index is 12.9. The third-order valence-corrected chi connectivity index (χ3v) is 7.06. The highest BCUT2D eigenvalue weighted by molar-refractivity contribution is 8.03. The number of nitro benzene ring substituents is 1. The third kappa shape index (κ3) is 3.52. The van der Waals surface area contributed by atoms with Crippen LogP contribution in [-0.2, 0) is 4.79 Å². The van der Waals surface area contributed by atoms with Gasteiger partial charge in [0.2, 0.25) is 5.91 Å². The van der Waals surface area contributed by atoms with Crippen LogP contribution >= 0.6 is 11.8 Å². The summed E-state index contributed by atoms with van der Waals surface area (Å²) in [6.07, 6.45) is 6.27. The molecule has 1 saturated carbocycles. The normalized spacial score (nSPS) is 24.0. The SMILES string of the molecule is N#CC1=C2SCN(C3CCCCC3)CN2C(=O)C[C@@H]1c1cccc([N+](=O)[O-])c1. The number of fused-ring (bicyclic) bond motifs is 1. The van der Waals surface area contributed by atoms with E-state index in [4.69, 9.17) is 0 Å². The number of rotatable bonds is 3. The molecule has 0 spiro atoms. The largest absolute Gasteiger partial charge is 0.292 e. The number of nitrogens with zero attached hydrogens (tertiary/aromatic N) is 4. The van der Waals surface area contributed by atoms with Gasteiger partial charge in [-0.05, 0) is 18.4 Å². The summed E-state index contributed by atoms with van der Waals surface area (Å²) < 4.78 is 0. The highest BCUT2D eigenvalue weighted by atomic mass is 32.2. The van der Waals surface area contributed by atoms with E-state index in [2.05, 4.69) is 11.0 Å². The van der Waals surface area contributed by atoms with Crippen LogP contribution in [-0.4, -0.2) is 39.2 Å². The van der Waals surface area contributed by atoms with Crippen molar-refractivity contribution >= 4 is 23.4 Å². The number of carbonyl (C=O) groups excluding carboxylic acids is 1. The van der Waals surface area contributed by atoms with Crippen LogP contribution in [0.5, 0.6) is 0 Å². The van der Waals surface area contributed by atoms with Gasteiger partial charge in [-0.25, -0.2) is 0 Å². The molecule has 1 aromatic carbocycles. The van der Waals surface area contributed by atoms with Gasteiger partial charge in [0.15, 0.2) is 0 Å². The van der Waals surface area contributed by atoms with Crippen molar-refractivity contribution in [3.05, 3.63) is 50.5 Å². The van der Waals surface area contributed by atoms with Crippen LogP contribution in [0.4, 0.5) is 5.69 Å². The van der Waals surface area contributed by atoms with Crippen molar-refractivity contribution in [1.82, 2.24) is 9.80 Å². The maximum Gasteiger partial charge on any atom is 0.269 e. The predicted octanol–water partition coefficient (Wildman–Crippen LogP) is 3.94. The molecule has 3 aliphatic rings. The second-order valence-electron chi connectivity index (χ2n) is 7.56. The number of hydrogen-bond donors (Lipinski definition) is 0. The lowest BCUT2D eigenvalue weighted by Crippen LogP contribution is -2.51. The summed E-state index contributed by atoms with van der Waals surface area (Å²) >= 11 is 1.55. The van der Waals surface area contributed by atoms with Gasteiger partial charge in [0.1, 0.15) is 0 Å². The van der Waals surface area contributed by atoms with Gasteiger partial charge in [0, 0.05) is 30.5 Å². The van der Waals surface area contributed by atoms with Crippen molar-refractivity contribution < 1.29 is 9.72 Å². The molecule has 0 unspecified atom stereocenters. The van der Waals surface area contributed by atoms with E-state index in [0.29, 0.717) is 23.8 Å². The number of nitro groups is 1. The molecule has 1 saturated heterocycles. The molecule has 146 valence electrons. The monoisotopic (exact) mass is 398 g/mol. The molecule has 4 rings (SSSR count). The van der Waals surface area contributed by atoms with E-state index in [1.807, 2.05) is 0 Å². The Balaban J connectivity index is 1.62. The lowest BCUT2D eigenvalue weighted by atomic mass is 9.86. The standard InChI is InChI=1S/C20H22N4O3S/c21-11-18-17(14-5-4-8-16(9-14)24(26)27)10-19(25)23-12-22(13-28-20(18)23)15-6-2-1-3-7-15/h4-5,8-9,15,17H,1-3,6-7,10,12-13H2/t17-/m1/s1. The highest BCUT2D eigenvalue weighted by Gasteiger charge is 2.39. The van der Waals surface area contributed by atoms with E-state index in [-0.39, 0.29) is 18.0 Å². The van der Waals surface area contributed by atoms with Crippen LogP contribution in [0, 0.1) is 21.4 Å². The summed E-state index contributed by atoms with van der Waals surface area (Å²) in [5.74, 6) is 0.340. The summed E-state index contributed by atoms with van der Waals surface area (Å²) in [6.45, 7) is 0.540. The second kappa shape index (κ2) is 7.94. The zero-order chi connectivity index (χ0) is 19.7. The van der Waals surface area contributed by atoms with E-state index >= 15 is 0 Å². The Hall–Kier alpha value is -2.37. The molecule has 0 aromatic heterocycles. The Bertz CT molecular complexity index is 872. The fourth-order valence-corrected chi connectivity index (χ4v) is 5.63. The zero-order valence-corrected chi connectivity index (χ0v) is 16.4. The summed E-state index contributed by atoms with van der Waals surface area (Å²) in [4.78, 5) is 27.7. The number of hydrogen-bond acceptors (Lipinski definition) is 6. The van der Waals surface area contributed by atoms with Crippen molar-refractivity contribution in [2.75, 3.05) is 12.5 Å². The van der Waals surface area contributed by atoms with Crippen molar-refractivity contribution in [3.8, 4) is 6.07 Å². The summed E-state index contributed by atoms with van der Waals surface area (Å²) in [5, 5.41) is 21.7. The van der Waals surface area contributed by atoms with Crippen LogP contribution in [0.1, 0.15) is 50.0 Å². The molecule has 7 nitrogen and oxygen atoms in total. The van der Waals surface area contributed by atoms with Crippen molar-refractivity contribution in [3.63, 3.8) is 0 Å². The van der Waals surface area contributed by atoms with E-state index in [1.54, 1.807) is 28.8 Å². The molecule has 1 aliphatic carbocycles. The second-order valence-corrected chi connectivity index (χ2v) is 8.49. The van der Waals surface area contributed by atoms with Crippen LogP contribution < -0.4 is 0 Å². The van der Waals surface area contributed by atoms with Gasteiger partial charge in [-0.3, -0.25) is 24.7 Å². The van der Waals surface area contributed by atoms with Crippen molar-refractivity contribution in [2.24, 2.45) is 0 Å². The fraction of sp³-hybridized carbons (Fsp3) is 0.500. The summed E-state index contributed by atoms with van der Waals surface area (Å²) in [7, 11) is 0. The molecular formula is C20H22N4O3S. The lowest BCUT2D eigenvalue weighted by Gasteiger charge is -2.44. The Morgan fingerprint density at radius 2 is 2.04 bits per heavy atom. The average Bonchev–Trinajstić information content (AvgIpc) is 2.74. The van der Waals surface area contributed by atoms with Gasteiger partial charge in [0.05, 0.1) is 34.1 Å². The number of non-ortho nitro benzene ring substituents is 1. The Morgan fingerprint density at radius 1 is 1.25 bits per heavy atom. The molecule has 2 aliphatic heterocycles. The van der Waals surface area contributed by atoms with Crippen molar-refractivity contribution in [1.29, 1.82) is 5.26 Å².